The molecule has 0 atom stereocenters. The van der Waals surface area contributed by atoms with Crippen molar-refractivity contribution >= 4 is 45.5 Å². The van der Waals surface area contributed by atoms with Gasteiger partial charge in [0.2, 0.25) is 5.91 Å². The van der Waals surface area contributed by atoms with Gasteiger partial charge in [-0.3, -0.25) is 4.79 Å². The summed E-state index contributed by atoms with van der Waals surface area (Å²) in [5, 5.41) is 5.75. The Kier molecular flexibility index (Phi) is 5.83. The lowest BCUT2D eigenvalue weighted by molar-refractivity contribution is -0.115. The Balaban J connectivity index is 1.59. The predicted molar refractivity (Wildman–Crippen MR) is 118 cm³/mol. The maximum absolute atomic E-state index is 12.7. The van der Waals surface area contributed by atoms with Crippen LogP contribution in [0.1, 0.15) is 23.0 Å². The SMILES string of the molecule is CCOC(=O)c1c(-c2ccccc2)csc1NC(=O)Cc1cn2cc(Cl)ccc2n1. The van der Waals surface area contributed by atoms with Crippen LogP contribution in [0, 0.1) is 0 Å². The Morgan fingerprint density at radius 3 is 2.73 bits per heavy atom. The fourth-order valence-electron chi connectivity index (χ4n) is 3.12. The maximum Gasteiger partial charge on any atom is 0.341 e. The van der Waals surface area contributed by atoms with E-state index in [1.54, 1.807) is 35.9 Å². The summed E-state index contributed by atoms with van der Waals surface area (Å²) in [5.74, 6) is -0.730. The van der Waals surface area contributed by atoms with Crippen molar-refractivity contribution < 1.29 is 14.3 Å². The summed E-state index contributed by atoms with van der Waals surface area (Å²) >= 11 is 7.29. The van der Waals surface area contributed by atoms with Crippen LogP contribution in [0.15, 0.2) is 60.2 Å². The number of rotatable bonds is 6. The van der Waals surface area contributed by atoms with Crippen LogP contribution in [0.2, 0.25) is 5.02 Å². The quantitative estimate of drug-likeness (QED) is 0.425. The van der Waals surface area contributed by atoms with E-state index in [4.69, 9.17) is 16.3 Å². The number of amides is 1. The van der Waals surface area contributed by atoms with Gasteiger partial charge in [0.15, 0.2) is 0 Å². The molecule has 0 unspecified atom stereocenters. The van der Waals surface area contributed by atoms with Gasteiger partial charge in [0.05, 0.1) is 23.7 Å². The van der Waals surface area contributed by atoms with E-state index in [1.165, 1.54) is 11.3 Å². The molecule has 0 radical (unpaired) electrons. The molecule has 3 heterocycles. The van der Waals surface area contributed by atoms with Crippen LogP contribution in [-0.4, -0.2) is 27.9 Å². The second-order valence-electron chi connectivity index (χ2n) is 6.51. The van der Waals surface area contributed by atoms with E-state index in [0.717, 1.165) is 11.1 Å². The van der Waals surface area contributed by atoms with Crippen molar-refractivity contribution in [3.05, 3.63) is 76.5 Å². The van der Waals surface area contributed by atoms with Crippen LogP contribution in [0.3, 0.4) is 0 Å². The Hall–Kier alpha value is -3.16. The van der Waals surface area contributed by atoms with E-state index >= 15 is 0 Å². The standard InChI is InChI=1S/C22H18ClN3O3S/c1-2-29-22(28)20-17(14-6-4-3-5-7-14)13-30-21(20)25-19(27)10-16-12-26-11-15(23)8-9-18(26)24-16/h3-9,11-13H,2,10H2,1H3,(H,25,27). The summed E-state index contributed by atoms with van der Waals surface area (Å²) in [5.41, 5.74) is 3.29. The monoisotopic (exact) mass is 439 g/mol. The van der Waals surface area contributed by atoms with Gasteiger partial charge in [0.1, 0.15) is 16.2 Å². The van der Waals surface area contributed by atoms with E-state index in [9.17, 15) is 9.59 Å². The molecule has 0 aliphatic carbocycles. The maximum atomic E-state index is 12.7. The van der Waals surface area contributed by atoms with Crippen LogP contribution in [0.5, 0.6) is 0 Å². The summed E-state index contributed by atoms with van der Waals surface area (Å²) in [4.78, 5) is 29.7. The molecule has 152 valence electrons. The third-order valence-electron chi connectivity index (χ3n) is 4.41. The van der Waals surface area contributed by atoms with Crippen LogP contribution < -0.4 is 5.32 Å². The number of benzene rings is 1. The first kappa shape index (κ1) is 20.1. The van der Waals surface area contributed by atoms with Crippen LogP contribution in [-0.2, 0) is 16.0 Å². The zero-order valence-electron chi connectivity index (χ0n) is 16.1. The third-order valence-corrected chi connectivity index (χ3v) is 5.53. The van der Waals surface area contributed by atoms with Crippen LogP contribution in [0.4, 0.5) is 5.00 Å². The molecule has 1 aromatic carbocycles. The lowest BCUT2D eigenvalue weighted by Gasteiger charge is -2.08. The van der Waals surface area contributed by atoms with Crippen LogP contribution >= 0.6 is 22.9 Å². The normalized spacial score (nSPS) is 10.9. The fourth-order valence-corrected chi connectivity index (χ4v) is 4.27. The van der Waals surface area contributed by atoms with Crippen molar-refractivity contribution in [1.82, 2.24) is 9.38 Å². The topological polar surface area (TPSA) is 72.7 Å². The van der Waals surface area contributed by atoms with E-state index in [2.05, 4.69) is 10.3 Å². The summed E-state index contributed by atoms with van der Waals surface area (Å²) in [6.45, 7) is 2.00. The Morgan fingerprint density at radius 2 is 1.97 bits per heavy atom. The number of hydrogen-bond donors (Lipinski definition) is 1. The summed E-state index contributed by atoms with van der Waals surface area (Å²) in [7, 11) is 0. The molecule has 0 aliphatic rings. The minimum absolute atomic E-state index is 0.0696. The number of nitrogens with one attached hydrogen (secondary N) is 1. The fraction of sp³-hybridized carbons (Fsp3) is 0.136. The number of anilines is 1. The number of hydrogen-bond acceptors (Lipinski definition) is 5. The number of thiophene rings is 1. The minimum Gasteiger partial charge on any atom is -0.462 e. The average Bonchev–Trinajstić information content (AvgIpc) is 3.32. The molecule has 3 aromatic heterocycles. The average molecular weight is 440 g/mol. The number of fused-ring (bicyclic) bond motifs is 1. The number of carbonyl (C=O) groups excluding carboxylic acids is 2. The first-order valence-corrected chi connectivity index (χ1v) is 10.6. The molecule has 30 heavy (non-hydrogen) atoms. The molecule has 4 aromatic rings. The summed E-state index contributed by atoms with van der Waals surface area (Å²) < 4.78 is 7.00. The number of imidazole rings is 1. The first-order valence-electron chi connectivity index (χ1n) is 9.32. The number of ether oxygens (including phenoxy) is 1. The highest BCUT2D eigenvalue weighted by Gasteiger charge is 2.23. The van der Waals surface area contributed by atoms with E-state index < -0.39 is 5.97 Å². The Bertz CT molecular complexity index is 1220. The molecular formula is C22H18ClN3O3S. The summed E-state index contributed by atoms with van der Waals surface area (Å²) in [6, 6.07) is 13.1. The molecule has 0 bridgehead atoms. The molecule has 0 saturated carbocycles. The number of pyridine rings is 1. The minimum atomic E-state index is -0.463. The summed E-state index contributed by atoms with van der Waals surface area (Å²) in [6.07, 6.45) is 3.56. The molecule has 4 rings (SSSR count). The van der Waals surface area contributed by atoms with E-state index in [1.807, 2.05) is 35.7 Å². The lowest BCUT2D eigenvalue weighted by Crippen LogP contribution is -2.16. The highest BCUT2D eigenvalue weighted by atomic mass is 35.5. The molecule has 0 fully saturated rings. The molecule has 8 heteroatoms. The predicted octanol–water partition coefficient (Wildman–Crippen LogP) is 5.07. The smallest absolute Gasteiger partial charge is 0.341 e. The molecule has 0 spiro atoms. The van der Waals surface area contributed by atoms with Gasteiger partial charge in [0, 0.05) is 23.3 Å². The molecular weight excluding hydrogens is 422 g/mol. The van der Waals surface area contributed by atoms with Gasteiger partial charge in [-0.1, -0.05) is 41.9 Å². The zero-order valence-corrected chi connectivity index (χ0v) is 17.7. The highest BCUT2D eigenvalue weighted by molar-refractivity contribution is 7.15. The van der Waals surface area contributed by atoms with Gasteiger partial charge in [-0.2, -0.15) is 0 Å². The Morgan fingerprint density at radius 1 is 1.17 bits per heavy atom. The number of aromatic nitrogens is 2. The van der Waals surface area contributed by atoms with Gasteiger partial charge < -0.3 is 14.5 Å². The van der Waals surface area contributed by atoms with Crippen molar-refractivity contribution in [3.8, 4) is 11.1 Å². The van der Waals surface area contributed by atoms with Crippen LogP contribution in [0.25, 0.3) is 16.8 Å². The Labute approximate surface area is 182 Å². The van der Waals surface area contributed by atoms with Crippen molar-refractivity contribution in [1.29, 1.82) is 0 Å². The molecule has 6 nitrogen and oxygen atoms in total. The van der Waals surface area contributed by atoms with Gasteiger partial charge in [-0.25, -0.2) is 9.78 Å². The van der Waals surface area contributed by atoms with Gasteiger partial charge in [-0.05, 0) is 24.6 Å². The molecule has 1 N–H and O–H groups in total. The van der Waals surface area contributed by atoms with Crippen molar-refractivity contribution in [2.75, 3.05) is 11.9 Å². The van der Waals surface area contributed by atoms with Crippen molar-refractivity contribution in [2.24, 2.45) is 0 Å². The number of carbonyl (C=O) groups is 2. The molecule has 0 saturated heterocycles. The second kappa shape index (κ2) is 8.69. The molecule has 1 amide bonds. The largest absolute Gasteiger partial charge is 0.462 e. The lowest BCUT2D eigenvalue weighted by atomic mass is 10.0. The van der Waals surface area contributed by atoms with E-state index in [-0.39, 0.29) is 18.9 Å². The van der Waals surface area contributed by atoms with Gasteiger partial charge >= 0.3 is 5.97 Å². The van der Waals surface area contributed by atoms with Crippen molar-refractivity contribution in [3.63, 3.8) is 0 Å². The van der Waals surface area contributed by atoms with E-state index in [0.29, 0.717) is 26.9 Å². The third kappa shape index (κ3) is 4.22. The highest BCUT2D eigenvalue weighted by Crippen LogP contribution is 2.36. The van der Waals surface area contributed by atoms with Crippen molar-refractivity contribution in [2.45, 2.75) is 13.3 Å². The zero-order chi connectivity index (χ0) is 21.1. The number of halogens is 1. The number of esters is 1. The van der Waals surface area contributed by atoms with Gasteiger partial charge in [-0.15, -0.1) is 11.3 Å². The first-order chi connectivity index (χ1) is 14.5. The second-order valence-corrected chi connectivity index (χ2v) is 7.83. The van der Waals surface area contributed by atoms with Gasteiger partial charge in [0.25, 0.3) is 0 Å². The number of nitrogens with zero attached hydrogens (tertiary/aromatic N) is 2. The molecule has 0 aliphatic heterocycles.